The summed E-state index contributed by atoms with van der Waals surface area (Å²) in [6.07, 6.45) is 0.304. The summed E-state index contributed by atoms with van der Waals surface area (Å²) in [5, 5.41) is 0.686. The molecule has 1 fully saturated rings. The highest BCUT2D eigenvalue weighted by atomic mass is 35.5. The average molecular weight is 210 g/mol. The molecule has 1 atom stereocenters. The summed E-state index contributed by atoms with van der Waals surface area (Å²) in [6.45, 7) is 5.45. The Hall–Kier alpha value is 0.240. The van der Waals surface area contributed by atoms with Crippen molar-refractivity contribution in [3.63, 3.8) is 0 Å². The molecule has 0 spiro atoms. The van der Waals surface area contributed by atoms with Gasteiger partial charge in [0.05, 0.1) is 12.7 Å². The third-order valence-electron chi connectivity index (χ3n) is 1.82. The summed E-state index contributed by atoms with van der Waals surface area (Å²) in [7, 11) is 0. The Morgan fingerprint density at radius 3 is 3.08 bits per heavy atom. The number of hydrogen-bond donors (Lipinski definition) is 0. The lowest BCUT2D eigenvalue weighted by molar-refractivity contribution is -0.0143. The Morgan fingerprint density at radius 2 is 2.50 bits per heavy atom. The molecule has 0 aliphatic carbocycles. The van der Waals surface area contributed by atoms with E-state index < -0.39 is 0 Å². The van der Waals surface area contributed by atoms with Crippen LogP contribution in [0.3, 0.4) is 0 Å². The van der Waals surface area contributed by atoms with Crippen molar-refractivity contribution in [1.29, 1.82) is 0 Å². The highest BCUT2D eigenvalue weighted by molar-refractivity contribution is 6.36. The summed E-state index contributed by atoms with van der Waals surface area (Å²) in [4.78, 5) is 2.23. The van der Waals surface area contributed by atoms with Crippen molar-refractivity contribution < 1.29 is 4.74 Å². The number of nitrogens with zero attached hydrogens (tertiary/aromatic N) is 1. The standard InChI is InChI=1S/C8H13Cl2NO/c1-7-5-11(2-3-12-7)6-8(10)4-9/h4,7H,2-3,5-6H2,1H3/b8-4-. The fourth-order valence-corrected chi connectivity index (χ4v) is 1.52. The fraction of sp³-hybridized carbons (Fsp3) is 0.750. The zero-order chi connectivity index (χ0) is 8.97. The largest absolute Gasteiger partial charge is 0.376 e. The Morgan fingerprint density at radius 1 is 1.75 bits per heavy atom. The molecule has 0 saturated carbocycles. The molecule has 0 radical (unpaired) electrons. The van der Waals surface area contributed by atoms with Crippen LogP contribution in [-0.4, -0.2) is 37.2 Å². The summed E-state index contributed by atoms with van der Waals surface area (Å²) in [5.74, 6) is 0. The van der Waals surface area contributed by atoms with Gasteiger partial charge < -0.3 is 4.74 Å². The molecule has 0 aromatic heterocycles. The third kappa shape index (κ3) is 3.31. The SMILES string of the molecule is CC1CN(C/C(Cl)=C/Cl)CCO1. The van der Waals surface area contributed by atoms with Crippen molar-refractivity contribution >= 4 is 23.2 Å². The van der Waals surface area contributed by atoms with Crippen LogP contribution in [0.4, 0.5) is 0 Å². The van der Waals surface area contributed by atoms with Crippen LogP contribution < -0.4 is 0 Å². The fourth-order valence-electron chi connectivity index (χ4n) is 1.28. The summed E-state index contributed by atoms with van der Waals surface area (Å²) in [5.41, 5.74) is 1.42. The molecule has 1 unspecified atom stereocenters. The minimum Gasteiger partial charge on any atom is -0.376 e. The number of hydrogen-bond acceptors (Lipinski definition) is 2. The molecule has 12 heavy (non-hydrogen) atoms. The Bertz CT molecular complexity index is 172. The lowest BCUT2D eigenvalue weighted by atomic mass is 10.3. The molecule has 4 heteroatoms. The van der Waals surface area contributed by atoms with Crippen molar-refractivity contribution in [2.75, 3.05) is 26.2 Å². The van der Waals surface area contributed by atoms with Crippen LogP contribution in [0.2, 0.25) is 0 Å². The average Bonchev–Trinajstić information content (AvgIpc) is 2.04. The second-order valence-corrected chi connectivity index (χ2v) is 3.68. The first-order valence-electron chi connectivity index (χ1n) is 4.01. The molecule has 1 aliphatic rings. The number of halogens is 2. The Kier molecular flexibility index (Phi) is 4.36. The first kappa shape index (κ1) is 10.3. The molecule has 0 bridgehead atoms. The lowest BCUT2D eigenvalue weighted by Gasteiger charge is -2.30. The zero-order valence-electron chi connectivity index (χ0n) is 7.09. The summed E-state index contributed by atoms with van der Waals surface area (Å²) >= 11 is 11.2. The maximum atomic E-state index is 5.79. The molecule has 1 saturated heterocycles. The second kappa shape index (κ2) is 5.07. The molecule has 1 rings (SSSR count). The Labute approximate surface area is 83.1 Å². The molecule has 0 aromatic carbocycles. The number of rotatable bonds is 2. The van der Waals surface area contributed by atoms with Gasteiger partial charge in [-0.15, -0.1) is 0 Å². The Balaban J connectivity index is 2.32. The smallest absolute Gasteiger partial charge is 0.0674 e. The lowest BCUT2D eigenvalue weighted by Crippen LogP contribution is -2.41. The first-order valence-corrected chi connectivity index (χ1v) is 4.82. The molecule has 70 valence electrons. The summed E-state index contributed by atoms with van der Waals surface area (Å²) < 4.78 is 5.39. The molecule has 0 N–H and O–H groups in total. The van der Waals surface area contributed by atoms with Crippen molar-refractivity contribution in [1.82, 2.24) is 4.90 Å². The maximum absolute atomic E-state index is 5.79. The minimum atomic E-state index is 0.304. The predicted octanol–water partition coefficient (Wildman–Crippen LogP) is 2.03. The minimum absolute atomic E-state index is 0.304. The van der Waals surface area contributed by atoms with Crippen molar-refractivity contribution in [3.05, 3.63) is 10.6 Å². The van der Waals surface area contributed by atoms with Crippen LogP contribution in [0.25, 0.3) is 0 Å². The van der Waals surface area contributed by atoms with E-state index in [1.54, 1.807) is 0 Å². The van der Waals surface area contributed by atoms with Gasteiger partial charge in [0.2, 0.25) is 0 Å². The second-order valence-electron chi connectivity index (χ2n) is 2.97. The topological polar surface area (TPSA) is 12.5 Å². The van der Waals surface area contributed by atoms with Crippen molar-refractivity contribution in [2.24, 2.45) is 0 Å². The van der Waals surface area contributed by atoms with E-state index >= 15 is 0 Å². The van der Waals surface area contributed by atoms with E-state index in [1.165, 1.54) is 5.54 Å². The van der Waals surface area contributed by atoms with E-state index in [4.69, 9.17) is 27.9 Å². The van der Waals surface area contributed by atoms with E-state index in [0.29, 0.717) is 11.1 Å². The van der Waals surface area contributed by atoms with Crippen molar-refractivity contribution in [2.45, 2.75) is 13.0 Å². The number of morpholine rings is 1. The van der Waals surface area contributed by atoms with Crippen LogP contribution in [0.1, 0.15) is 6.92 Å². The molecule has 1 aliphatic heterocycles. The van der Waals surface area contributed by atoms with Gasteiger partial charge in [-0.3, -0.25) is 4.90 Å². The van der Waals surface area contributed by atoms with Crippen LogP contribution in [-0.2, 0) is 4.74 Å². The van der Waals surface area contributed by atoms with Gasteiger partial charge in [0.15, 0.2) is 0 Å². The van der Waals surface area contributed by atoms with Gasteiger partial charge in [-0.1, -0.05) is 23.2 Å². The van der Waals surface area contributed by atoms with E-state index in [1.807, 2.05) is 0 Å². The van der Waals surface area contributed by atoms with Gasteiger partial charge in [-0.2, -0.15) is 0 Å². The molecule has 1 heterocycles. The van der Waals surface area contributed by atoms with Gasteiger partial charge in [-0.25, -0.2) is 0 Å². The van der Waals surface area contributed by atoms with Gasteiger partial charge >= 0.3 is 0 Å². The quantitative estimate of drug-likeness (QED) is 0.691. The predicted molar refractivity (Wildman–Crippen MR) is 51.6 cm³/mol. The normalized spacial score (nSPS) is 27.6. The van der Waals surface area contributed by atoms with Crippen LogP contribution in [0.5, 0.6) is 0 Å². The third-order valence-corrected chi connectivity index (χ3v) is 2.42. The van der Waals surface area contributed by atoms with Crippen LogP contribution >= 0.6 is 23.2 Å². The zero-order valence-corrected chi connectivity index (χ0v) is 8.61. The maximum Gasteiger partial charge on any atom is 0.0674 e. The highest BCUT2D eigenvalue weighted by Gasteiger charge is 2.16. The van der Waals surface area contributed by atoms with E-state index in [0.717, 1.165) is 26.2 Å². The van der Waals surface area contributed by atoms with Gasteiger partial charge in [0.1, 0.15) is 0 Å². The van der Waals surface area contributed by atoms with Gasteiger partial charge in [0, 0.05) is 30.2 Å². The van der Waals surface area contributed by atoms with Crippen LogP contribution in [0, 0.1) is 0 Å². The van der Waals surface area contributed by atoms with E-state index in [2.05, 4.69) is 11.8 Å². The first-order chi connectivity index (χ1) is 5.72. The number of ether oxygens (including phenoxy) is 1. The van der Waals surface area contributed by atoms with Crippen molar-refractivity contribution in [3.8, 4) is 0 Å². The highest BCUT2D eigenvalue weighted by Crippen LogP contribution is 2.10. The molecule has 2 nitrogen and oxygen atoms in total. The molecular weight excluding hydrogens is 197 g/mol. The molecule has 0 amide bonds. The van der Waals surface area contributed by atoms with Gasteiger partial charge in [-0.05, 0) is 6.92 Å². The van der Waals surface area contributed by atoms with Crippen LogP contribution in [0.15, 0.2) is 10.6 Å². The monoisotopic (exact) mass is 209 g/mol. The summed E-state index contributed by atoms with van der Waals surface area (Å²) in [6, 6.07) is 0. The molecular formula is C8H13Cl2NO. The van der Waals surface area contributed by atoms with Gasteiger partial charge in [0.25, 0.3) is 0 Å². The van der Waals surface area contributed by atoms with E-state index in [9.17, 15) is 0 Å². The van der Waals surface area contributed by atoms with E-state index in [-0.39, 0.29) is 0 Å². The molecule has 0 aromatic rings.